The largest absolute Gasteiger partial charge is 0.312 e. The zero-order chi connectivity index (χ0) is 15.3. The van der Waals surface area contributed by atoms with Crippen molar-refractivity contribution in [3.8, 4) is 0 Å². The van der Waals surface area contributed by atoms with Gasteiger partial charge in [0.05, 0.1) is 0 Å². The molecule has 2 aromatic rings. The number of nitrogens with one attached hydrogen (secondary N) is 2. The molecule has 114 valence electrons. The van der Waals surface area contributed by atoms with E-state index in [9.17, 15) is 8.42 Å². The molecule has 0 aromatic carbocycles. The molecule has 0 fully saturated rings. The van der Waals surface area contributed by atoms with Crippen molar-refractivity contribution in [2.45, 2.75) is 31.7 Å². The van der Waals surface area contributed by atoms with E-state index >= 15 is 0 Å². The van der Waals surface area contributed by atoms with Crippen molar-refractivity contribution < 1.29 is 8.42 Å². The molecule has 0 aliphatic rings. The summed E-state index contributed by atoms with van der Waals surface area (Å²) in [6, 6.07) is 3.20. The number of hydrogen-bond donors (Lipinski definition) is 2. The highest BCUT2D eigenvalue weighted by molar-refractivity contribution is 7.93. The molecule has 0 spiro atoms. The third-order valence-corrected chi connectivity index (χ3v) is 5.60. The molecular formula is C13H18N4O2S2. The van der Waals surface area contributed by atoms with Gasteiger partial charge in [0.25, 0.3) is 10.0 Å². The minimum absolute atomic E-state index is 0.218. The lowest BCUT2D eigenvalue weighted by Crippen LogP contribution is -2.19. The summed E-state index contributed by atoms with van der Waals surface area (Å²) in [5.41, 5.74) is 0.740. The van der Waals surface area contributed by atoms with Crippen molar-refractivity contribution in [3.63, 3.8) is 0 Å². The number of aryl methyl sites for hydroxylation is 1. The average molecular weight is 326 g/mol. The Morgan fingerprint density at radius 1 is 1.38 bits per heavy atom. The van der Waals surface area contributed by atoms with Crippen molar-refractivity contribution in [1.29, 1.82) is 0 Å². The second-order valence-corrected chi connectivity index (χ2v) is 7.15. The first-order chi connectivity index (χ1) is 10.0. The van der Waals surface area contributed by atoms with Crippen LogP contribution < -0.4 is 10.0 Å². The van der Waals surface area contributed by atoms with Crippen molar-refractivity contribution in [2.24, 2.45) is 0 Å². The Hall–Kier alpha value is -1.51. The van der Waals surface area contributed by atoms with Crippen LogP contribution in [0.3, 0.4) is 0 Å². The number of sulfonamides is 1. The second-order valence-electron chi connectivity index (χ2n) is 4.56. The zero-order valence-electron chi connectivity index (χ0n) is 12.0. The lowest BCUT2D eigenvalue weighted by atomic mass is 10.3. The smallest absolute Gasteiger partial charge is 0.264 e. The molecule has 0 saturated carbocycles. The van der Waals surface area contributed by atoms with Gasteiger partial charge in [0.15, 0.2) is 5.82 Å². The quantitative estimate of drug-likeness (QED) is 0.762. The maximum atomic E-state index is 12.5. The molecule has 0 unspecified atom stereocenters. The molecule has 0 amide bonds. The van der Waals surface area contributed by atoms with E-state index in [0.29, 0.717) is 11.4 Å². The first kappa shape index (κ1) is 15.9. The summed E-state index contributed by atoms with van der Waals surface area (Å²) in [6.07, 6.45) is 2.50. The van der Waals surface area contributed by atoms with Crippen molar-refractivity contribution >= 4 is 27.2 Å². The third-order valence-electron chi connectivity index (χ3n) is 2.78. The number of aromatic nitrogens is 2. The average Bonchev–Trinajstić information content (AvgIpc) is 2.82. The first-order valence-electron chi connectivity index (χ1n) is 6.62. The van der Waals surface area contributed by atoms with Gasteiger partial charge in [-0.25, -0.2) is 8.42 Å². The zero-order valence-corrected chi connectivity index (χ0v) is 13.6. The predicted octanol–water partition coefficient (Wildman–Crippen LogP) is 2.15. The van der Waals surface area contributed by atoms with Gasteiger partial charge in [0, 0.05) is 17.6 Å². The fraction of sp³-hybridized carbons (Fsp3) is 0.385. The van der Waals surface area contributed by atoms with E-state index in [-0.39, 0.29) is 5.82 Å². The molecule has 0 aliphatic heterocycles. The Balaban J connectivity index is 2.25. The molecule has 6 nitrogen and oxygen atoms in total. The van der Waals surface area contributed by atoms with Crippen molar-refractivity contribution in [1.82, 2.24) is 15.5 Å². The Labute approximate surface area is 128 Å². The first-order valence-corrected chi connectivity index (χ1v) is 8.99. The monoisotopic (exact) mass is 326 g/mol. The van der Waals surface area contributed by atoms with Crippen LogP contribution >= 0.6 is 11.3 Å². The van der Waals surface area contributed by atoms with Gasteiger partial charge in [-0.1, -0.05) is 6.92 Å². The van der Waals surface area contributed by atoms with E-state index in [1.165, 1.54) is 17.5 Å². The maximum Gasteiger partial charge on any atom is 0.264 e. The topological polar surface area (TPSA) is 84.0 Å². The summed E-state index contributed by atoms with van der Waals surface area (Å²) >= 11 is 1.45. The summed E-state index contributed by atoms with van der Waals surface area (Å²) in [5, 5.41) is 12.5. The van der Waals surface area contributed by atoms with E-state index in [1.807, 2.05) is 5.38 Å². The van der Waals surface area contributed by atoms with E-state index in [0.717, 1.165) is 23.4 Å². The summed E-state index contributed by atoms with van der Waals surface area (Å²) in [7, 11) is -3.65. The number of anilines is 1. The van der Waals surface area contributed by atoms with Gasteiger partial charge in [0.2, 0.25) is 0 Å². The molecule has 2 rings (SSSR count). The van der Waals surface area contributed by atoms with Gasteiger partial charge in [-0.15, -0.1) is 16.4 Å². The fourth-order valence-electron chi connectivity index (χ4n) is 1.89. The molecule has 0 bridgehead atoms. The molecule has 21 heavy (non-hydrogen) atoms. The SMILES string of the molecule is CCCNCc1scc(C)c1S(=O)(=O)Nc1cccnn1. The van der Waals surface area contributed by atoms with Gasteiger partial charge < -0.3 is 5.32 Å². The van der Waals surface area contributed by atoms with Crippen LogP contribution in [0, 0.1) is 6.92 Å². The van der Waals surface area contributed by atoms with Gasteiger partial charge in [0.1, 0.15) is 4.90 Å². The highest BCUT2D eigenvalue weighted by Gasteiger charge is 2.23. The van der Waals surface area contributed by atoms with Gasteiger partial charge in [-0.2, -0.15) is 5.10 Å². The Morgan fingerprint density at radius 3 is 2.86 bits per heavy atom. The van der Waals surface area contributed by atoms with Crippen LogP contribution in [0.2, 0.25) is 0 Å². The molecule has 0 aliphatic carbocycles. The predicted molar refractivity (Wildman–Crippen MR) is 83.9 cm³/mol. The maximum absolute atomic E-state index is 12.5. The fourth-order valence-corrected chi connectivity index (χ4v) is 4.67. The lowest BCUT2D eigenvalue weighted by Gasteiger charge is -2.09. The van der Waals surface area contributed by atoms with Crippen LogP contribution in [0.5, 0.6) is 0 Å². The minimum atomic E-state index is -3.65. The van der Waals surface area contributed by atoms with E-state index < -0.39 is 10.0 Å². The molecule has 0 radical (unpaired) electrons. The van der Waals surface area contributed by atoms with Crippen LogP contribution in [-0.2, 0) is 16.6 Å². The van der Waals surface area contributed by atoms with Gasteiger partial charge in [-0.05, 0) is 43.0 Å². The summed E-state index contributed by atoms with van der Waals surface area (Å²) < 4.78 is 27.5. The molecule has 8 heteroatoms. The number of thiophene rings is 1. The summed E-state index contributed by atoms with van der Waals surface area (Å²) in [5.74, 6) is 0.218. The Kier molecular flexibility index (Phi) is 5.27. The number of rotatable bonds is 7. The van der Waals surface area contributed by atoms with Crippen LogP contribution in [0.1, 0.15) is 23.8 Å². The number of nitrogens with zero attached hydrogens (tertiary/aromatic N) is 2. The lowest BCUT2D eigenvalue weighted by molar-refractivity contribution is 0.598. The Morgan fingerprint density at radius 2 is 2.19 bits per heavy atom. The highest BCUT2D eigenvalue weighted by atomic mass is 32.2. The van der Waals surface area contributed by atoms with Crippen LogP contribution in [0.4, 0.5) is 5.82 Å². The number of hydrogen-bond acceptors (Lipinski definition) is 6. The normalized spacial score (nSPS) is 11.5. The molecule has 2 heterocycles. The van der Waals surface area contributed by atoms with Crippen LogP contribution in [0.25, 0.3) is 0 Å². The Bertz CT molecular complexity index is 683. The standard InChI is InChI=1S/C13H18N4O2S2/c1-3-6-14-8-11-13(10(2)9-20-11)21(18,19)17-12-5-4-7-15-16-12/h4-5,7,9,14H,3,6,8H2,1-2H3,(H,16,17). The highest BCUT2D eigenvalue weighted by Crippen LogP contribution is 2.28. The van der Waals surface area contributed by atoms with Crippen LogP contribution in [0.15, 0.2) is 28.6 Å². The third kappa shape index (κ3) is 3.99. The van der Waals surface area contributed by atoms with E-state index in [2.05, 4.69) is 27.2 Å². The van der Waals surface area contributed by atoms with Gasteiger partial charge >= 0.3 is 0 Å². The molecule has 2 aromatic heterocycles. The summed E-state index contributed by atoms with van der Waals surface area (Å²) in [4.78, 5) is 1.14. The molecule has 0 atom stereocenters. The van der Waals surface area contributed by atoms with Crippen LogP contribution in [-0.4, -0.2) is 25.2 Å². The summed E-state index contributed by atoms with van der Waals surface area (Å²) in [6.45, 7) is 5.27. The minimum Gasteiger partial charge on any atom is -0.312 e. The molecule has 0 saturated heterocycles. The van der Waals surface area contributed by atoms with Crippen molar-refractivity contribution in [2.75, 3.05) is 11.3 Å². The van der Waals surface area contributed by atoms with Gasteiger partial charge in [-0.3, -0.25) is 4.72 Å². The van der Waals surface area contributed by atoms with E-state index in [1.54, 1.807) is 19.1 Å². The molecular weight excluding hydrogens is 308 g/mol. The van der Waals surface area contributed by atoms with Crippen molar-refractivity contribution in [3.05, 3.63) is 34.2 Å². The molecule has 2 N–H and O–H groups in total. The van der Waals surface area contributed by atoms with E-state index in [4.69, 9.17) is 0 Å². The second kappa shape index (κ2) is 6.97.